The van der Waals surface area contributed by atoms with Gasteiger partial charge in [-0.15, -0.1) is 0 Å². The van der Waals surface area contributed by atoms with Crippen molar-refractivity contribution < 1.29 is 9.21 Å². The number of hydrogen-bond donors (Lipinski definition) is 1. The summed E-state index contributed by atoms with van der Waals surface area (Å²) >= 11 is 3.39. The van der Waals surface area contributed by atoms with Gasteiger partial charge in [0.1, 0.15) is 5.58 Å². The van der Waals surface area contributed by atoms with Crippen LogP contribution in [0, 0.1) is 0 Å². The molecule has 4 heteroatoms. The molecule has 2 rings (SSSR count). The Hall–Kier alpha value is -1.29. The molecule has 0 atom stereocenters. The molecular formula is C13H14BrNO2. The Morgan fingerprint density at radius 1 is 1.41 bits per heavy atom. The molecule has 1 aromatic carbocycles. The SMILES string of the molecule is CCCCNC(=O)c1cc2cc(Br)ccc2o1. The van der Waals surface area contributed by atoms with Crippen molar-refractivity contribution >= 4 is 32.8 Å². The number of furan rings is 1. The number of fused-ring (bicyclic) bond motifs is 1. The predicted molar refractivity (Wildman–Crippen MR) is 71.2 cm³/mol. The van der Waals surface area contributed by atoms with Gasteiger partial charge in [0.05, 0.1) is 0 Å². The standard InChI is InChI=1S/C13H14BrNO2/c1-2-3-6-15-13(16)12-8-9-7-10(14)4-5-11(9)17-12/h4-5,7-8H,2-3,6H2,1H3,(H,15,16). The van der Waals surface area contributed by atoms with Gasteiger partial charge in [-0.2, -0.15) is 0 Å². The van der Waals surface area contributed by atoms with E-state index in [0.717, 1.165) is 28.3 Å². The largest absolute Gasteiger partial charge is 0.451 e. The lowest BCUT2D eigenvalue weighted by Crippen LogP contribution is -2.23. The van der Waals surface area contributed by atoms with Crippen LogP contribution in [0.3, 0.4) is 0 Å². The summed E-state index contributed by atoms with van der Waals surface area (Å²) < 4.78 is 6.46. The molecule has 0 aliphatic heterocycles. The highest BCUT2D eigenvalue weighted by Gasteiger charge is 2.11. The van der Waals surface area contributed by atoms with Gasteiger partial charge in [-0.25, -0.2) is 0 Å². The molecule has 0 aliphatic carbocycles. The molecule has 0 saturated heterocycles. The minimum absolute atomic E-state index is 0.147. The predicted octanol–water partition coefficient (Wildman–Crippen LogP) is 3.73. The van der Waals surface area contributed by atoms with Crippen molar-refractivity contribution in [2.24, 2.45) is 0 Å². The summed E-state index contributed by atoms with van der Waals surface area (Å²) in [4.78, 5) is 11.8. The molecular weight excluding hydrogens is 282 g/mol. The van der Waals surface area contributed by atoms with Crippen LogP contribution in [0.5, 0.6) is 0 Å². The minimum atomic E-state index is -0.147. The van der Waals surface area contributed by atoms with Crippen molar-refractivity contribution in [3.8, 4) is 0 Å². The molecule has 1 heterocycles. The zero-order valence-electron chi connectivity index (χ0n) is 9.63. The second-order valence-corrected chi connectivity index (χ2v) is 4.82. The van der Waals surface area contributed by atoms with Crippen molar-refractivity contribution in [2.45, 2.75) is 19.8 Å². The number of amides is 1. The minimum Gasteiger partial charge on any atom is -0.451 e. The highest BCUT2D eigenvalue weighted by atomic mass is 79.9. The Kier molecular flexibility index (Phi) is 3.84. The quantitative estimate of drug-likeness (QED) is 0.874. The Morgan fingerprint density at radius 2 is 2.24 bits per heavy atom. The molecule has 3 nitrogen and oxygen atoms in total. The smallest absolute Gasteiger partial charge is 0.287 e. The van der Waals surface area contributed by atoms with E-state index in [1.807, 2.05) is 18.2 Å². The van der Waals surface area contributed by atoms with Gasteiger partial charge < -0.3 is 9.73 Å². The Bertz CT molecular complexity index is 533. The number of carbonyl (C=O) groups excluding carboxylic acids is 1. The Labute approximate surface area is 108 Å². The van der Waals surface area contributed by atoms with Crippen molar-refractivity contribution in [3.05, 3.63) is 34.5 Å². The summed E-state index contributed by atoms with van der Waals surface area (Å²) in [6.45, 7) is 2.78. The van der Waals surface area contributed by atoms with Crippen molar-refractivity contribution in [2.75, 3.05) is 6.54 Å². The first-order valence-corrected chi connectivity index (χ1v) is 6.47. The van der Waals surface area contributed by atoms with E-state index >= 15 is 0 Å². The number of nitrogens with one attached hydrogen (secondary N) is 1. The average molecular weight is 296 g/mol. The highest BCUT2D eigenvalue weighted by molar-refractivity contribution is 9.10. The zero-order chi connectivity index (χ0) is 12.3. The third-order valence-corrected chi connectivity index (χ3v) is 3.01. The summed E-state index contributed by atoms with van der Waals surface area (Å²) in [5.74, 6) is 0.222. The van der Waals surface area contributed by atoms with Gasteiger partial charge in [-0.05, 0) is 30.7 Å². The molecule has 0 unspecified atom stereocenters. The molecule has 0 saturated carbocycles. The summed E-state index contributed by atoms with van der Waals surface area (Å²) in [6, 6.07) is 7.44. The maximum absolute atomic E-state index is 11.8. The third-order valence-electron chi connectivity index (χ3n) is 2.52. The van der Waals surface area contributed by atoms with Crippen molar-refractivity contribution in [1.82, 2.24) is 5.32 Å². The van der Waals surface area contributed by atoms with Crippen molar-refractivity contribution in [3.63, 3.8) is 0 Å². The maximum atomic E-state index is 11.8. The monoisotopic (exact) mass is 295 g/mol. The Balaban J connectivity index is 2.15. The van der Waals surface area contributed by atoms with Crippen LogP contribution in [-0.4, -0.2) is 12.5 Å². The topological polar surface area (TPSA) is 42.2 Å². The normalized spacial score (nSPS) is 10.7. The summed E-state index contributed by atoms with van der Waals surface area (Å²) in [7, 11) is 0. The van der Waals surface area contributed by atoms with Gasteiger partial charge in [0.15, 0.2) is 5.76 Å². The number of rotatable bonds is 4. The van der Waals surface area contributed by atoms with E-state index in [-0.39, 0.29) is 5.91 Å². The molecule has 0 fully saturated rings. The molecule has 1 aromatic heterocycles. The van der Waals surface area contributed by atoms with E-state index in [2.05, 4.69) is 28.2 Å². The second-order valence-electron chi connectivity index (χ2n) is 3.90. The lowest BCUT2D eigenvalue weighted by Gasteiger charge is -2.00. The van der Waals surface area contributed by atoms with Gasteiger partial charge in [0.25, 0.3) is 5.91 Å². The summed E-state index contributed by atoms with van der Waals surface area (Å²) in [5, 5.41) is 3.76. The summed E-state index contributed by atoms with van der Waals surface area (Å²) in [5.41, 5.74) is 0.730. The van der Waals surface area contributed by atoms with Gasteiger partial charge in [0, 0.05) is 16.4 Å². The van der Waals surface area contributed by atoms with Crippen LogP contribution in [-0.2, 0) is 0 Å². The Morgan fingerprint density at radius 3 is 3.00 bits per heavy atom. The molecule has 17 heavy (non-hydrogen) atoms. The van der Waals surface area contributed by atoms with Gasteiger partial charge in [0.2, 0.25) is 0 Å². The van der Waals surface area contributed by atoms with E-state index < -0.39 is 0 Å². The van der Waals surface area contributed by atoms with Crippen LogP contribution < -0.4 is 5.32 Å². The molecule has 0 bridgehead atoms. The number of carbonyl (C=O) groups is 1. The first-order valence-electron chi connectivity index (χ1n) is 5.68. The molecule has 0 spiro atoms. The molecule has 1 amide bonds. The fourth-order valence-electron chi connectivity index (χ4n) is 1.59. The number of halogens is 1. The fraction of sp³-hybridized carbons (Fsp3) is 0.308. The molecule has 90 valence electrons. The van der Waals surface area contributed by atoms with Crippen LogP contribution >= 0.6 is 15.9 Å². The van der Waals surface area contributed by atoms with Crippen molar-refractivity contribution in [1.29, 1.82) is 0 Å². The van der Waals surface area contributed by atoms with E-state index in [1.165, 1.54) is 0 Å². The second kappa shape index (κ2) is 5.36. The fourth-order valence-corrected chi connectivity index (χ4v) is 1.97. The van der Waals surface area contributed by atoms with E-state index in [4.69, 9.17) is 4.42 Å². The molecule has 1 N–H and O–H groups in total. The van der Waals surface area contributed by atoms with Crippen LogP contribution in [0.25, 0.3) is 11.0 Å². The lowest BCUT2D eigenvalue weighted by molar-refractivity contribution is 0.0927. The van der Waals surface area contributed by atoms with E-state index in [0.29, 0.717) is 12.3 Å². The molecule has 0 aliphatic rings. The number of hydrogen-bond acceptors (Lipinski definition) is 2. The first-order chi connectivity index (χ1) is 8.20. The van der Waals surface area contributed by atoms with E-state index in [1.54, 1.807) is 6.07 Å². The van der Waals surface area contributed by atoms with Gasteiger partial charge in [-0.1, -0.05) is 29.3 Å². The van der Waals surface area contributed by atoms with E-state index in [9.17, 15) is 4.79 Å². The zero-order valence-corrected chi connectivity index (χ0v) is 11.2. The average Bonchev–Trinajstić information content (AvgIpc) is 2.72. The first kappa shape index (κ1) is 12.2. The number of benzene rings is 1. The number of unbranched alkanes of at least 4 members (excludes halogenated alkanes) is 1. The van der Waals surface area contributed by atoms with Crippen LogP contribution in [0.2, 0.25) is 0 Å². The summed E-state index contributed by atoms with van der Waals surface area (Å²) in [6.07, 6.45) is 2.05. The highest BCUT2D eigenvalue weighted by Crippen LogP contribution is 2.23. The molecule has 2 aromatic rings. The van der Waals surface area contributed by atoms with Crippen LogP contribution in [0.4, 0.5) is 0 Å². The molecule has 0 radical (unpaired) electrons. The van der Waals surface area contributed by atoms with Gasteiger partial charge in [-0.3, -0.25) is 4.79 Å². The van der Waals surface area contributed by atoms with Crippen LogP contribution in [0.1, 0.15) is 30.3 Å². The maximum Gasteiger partial charge on any atom is 0.287 e. The van der Waals surface area contributed by atoms with Crippen LogP contribution in [0.15, 0.2) is 33.2 Å². The lowest BCUT2D eigenvalue weighted by atomic mass is 10.2. The third kappa shape index (κ3) is 2.88. The van der Waals surface area contributed by atoms with Gasteiger partial charge >= 0.3 is 0 Å².